The molecule has 0 fully saturated rings. The van der Waals surface area contributed by atoms with Gasteiger partial charge in [-0.25, -0.2) is 0 Å². The fourth-order valence-electron chi connectivity index (χ4n) is 2.49. The Labute approximate surface area is 162 Å². The number of guanidine groups is 1. The molecule has 0 aliphatic rings. The summed E-state index contributed by atoms with van der Waals surface area (Å²) in [6.07, 6.45) is 4.59. The first-order valence-electron chi connectivity index (χ1n) is 9.66. The van der Waals surface area contributed by atoms with E-state index in [4.69, 9.17) is 4.52 Å². The van der Waals surface area contributed by atoms with Crippen molar-refractivity contribution in [1.29, 1.82) is 0 Å². The lowest BCUT2D eigenvalue weighted by atomic mass is 9.89. The van der Waals surface area contributed by atoms with Gasteiger partial charge in [0.2, 0.25) is 0 Å². The minimum absolute atomic E-state index is 0.343. The van der Waals surface area contributed by atoms with Crippen molar-refractivity contribution in [2.45, 2.75) is 59.9 Å². The number of aliphatic imine (C=N–C) groups is 1. The van der Waals surface area contributed by atoms with Crippen LogP contribution in [0, 0.1) is 5.41 Å². The highest BCUT2D eigenvalue weighted by molar-refractivity contribution is 5.80. The highest BCUT2D eigenvalue weighted by Crippen LogP contribution is 2.21. The second-order valence-corrected chi connectivity index (χ2v) is 7.89. The molecule has 0 radical (unpaired) electrons. The summed E-state index contributed by atoms with van der Waals surface area (Å²) < 4.78 is 5.28. The third kappa shape index (κ3) is 7.76. The maximum absolute atomic E-state index is 5.28. The zero-order valence-electron chi connectivity index (χ0n) is 17.1. The molecule has 0 spiro atoms. The molecule has 7 nitrogen and oxygen atoms in total. The summed E-state index contributed by atoms with van der Waals surface area (Å²) in [5.41, 5.74) is 1.03. The number of pyridine rings is 1. The molecule has 0 aromatic carbocycles. The second kappa shape index (κ2) is 10.0. The summed E-state index contributed by atoms with van der Waals surface area (Å²) in [4.78, 5) is 13.2. The smallest absolute Gasteiger partial charge is 0.276 e. The molecule has 0 saturated heterocycles. The topological polar surface area (TPSA) is 88.2 Å². The molecular formula is C20H32N6O. The van der Waals surface area contributed by atoms with Gasteiger partial charge in [-0.3, -0.25) is 9.98 Å². The molecule has 2 aromatic rings. The van der Waals surface area contributed by atoms with Crippen LogP contribution in [0.2, 0.25) is 0 Å². The van der Waals surface area contributed by atoms with Crippen LogP contribution in [0.1, 0.15) is 53.3 Å². The number of rotatable bonds is 8. The van der Waals surface area contributed by atoms with Gasteiger partial charge in [-0.15, -0.1) is 0 Å². The van der Waals surface area contributed by atoms with E-state index in [1.807, 2.05) is 18.2 Å². The minimum atomic E-state index is 0.343. The second-order valence-electron chi connectivity index (χ2n) is 7.89. The zero-order chi connectivity index (χ0) is 19.7. The molecule has 0 aliphatic carbocycles. The van der Waals surface area contributed by atoms with E-state index in [2.05, 4.69) is 65.4 Å². The van der Waals surface area contributed by atoms with E-state index in [0.29, 0.717) is 41.8 Å². The number of aromatic nitrogens is 3. The van der Waals surface area contributed by atoms with Crippen LogP contribution in [0.4, 0.5) is 0 Å². The van der Waals surface area contributed by atoms with Crippen molar-refractivity contribution in [3.63, 3.8) is 0 Å². The van der Waals surface area contributed by atoms with Gasteiger partial charge in [0.25, 0.3) is 5.89 Å². The van der Waals surface area contributed by atoms with Gasteiger partial charge in [-0.05, 0) is 44.2 Å². The first kappa shape index (κ1) is 20.9. The molecule has 2 aromatic heterocycles. The van der Waals surface area contributed by atoms with Crippen molar-refractivity contribution in [2.24, 2.45) is 10.4 Å². The van der Waals surface area contributed by atoms with Crippen LogP contribution in [0.25, 0.3) is 11.6 Å². The van der Waals surface area contributed by atoms with E-state index in [1.54, 1.807) is 6.20 Å². The monoisotopic (exact) mass is 372 g/mol. The van der Waals surface area contributed by atoms with E-state index >= 15 is 0 Å². The Morgan fingerprint density at radius 2 is 2.11 bits per heavy atom. The van der Waals surface area contributed by atoms with Gasteiger partial charge in [0.15, 0.2) is 11.8 Å². The van der Waals surface area contributed by atoms with Crippen molar-refractivity contribution in [3.05, 3.63) is 30.2 Å². The molecule has 0 saturated carbocycles. The van der Waals surface area contributed by atoms with Gasteiger partial charge in [-0.2, -0.15) is 4.98 Å². The summed E-state index contributed by atoms with van der Waals surface area (Å²) in [6, 6.07) is 5.96. The highest BCUT2D eigenvalue weighted by Gasteiger charge is 2.13. The molecule has 0 aliphatic heterocycles. The van der Waals surface area contributed by atoms with E-state index in [1.165, 1.54) is 6.42 Å². The van der Waals surface area contributed by atoms with E-state index in [-0.39, 0.29) is 0 Å². The third-order valence-electron chi connectivity index (χ3n) is 4.01. The lowest BCUT2D eigenvalue weighted by Crippen LogP contribution is -2.42. The van der Waals surface area contributed by atoms with Gasteiger partial charge in [0, 0.05) is 31.7 Å². The normalized spacial score (nSPS) is 13.4. The van der Waals surface area contributed by atoms with E-state index in [0.717, 1.165) is 18.9 Å². The minimum Gasteiger partial charge on any atom is -0.357 e. The molecule has 27 heavy (non-hydrogen) atoms. The molecule has 0 bridgehead atoms. The Kier molecular flexibility index (Phi) is 7.76. The number of hydrogen-bond acceptors (Lipinski definition) is 5. The first-order valence-corrected chi connectivity index (χ1v) is 9.66. The van der Waals surface area contributed by atoms with Gasteiger partial charge < -0.3 is 15.2 Å². The predicted octanol–water partition coefficient (Wildman–Crippen LogP) is 3.44. The summed E-state index contributed by atoms with van der Waals surface area (Å²) in [5.74, 6) is 1.90. The van der Waals surface area contributed by atoms with Crippen LogP contribution in [0.5, 0.6) is 0 Å². The van der Waals surface area contributed by atoms with Crippen LogP contribution in [0.15, 0.2) is 33.9 Å². The Balaban J connectivity index is 1.87. The predicted molar refractivity (Wildman–Crippen MR) is 108 cm³/mol. The van der Waals surface area contributed by atoms with Crippen molar-refractivity contribution >= 4 is 5.96 Å². The lowest BCUT2D eigenvalue weighted by molar-refractivity contribution is 0.346. The Bertz CT molecular complexity index is 705. The molecule has 1 unspecified atom stereocenters. The number of nitrogens with one attached hydrogen (secondary N) is 2. The fraction of sp³-hybridized carbons (Fsp3) is 0.600. The molecule has 2 rings (SSSR count). The number of nitrogens with zero attached hydrogens (tertiary/aromatic N) is 4. The summed E-state index contributed by atoms with van der Waals surface area (Å²) >= 11 is 0. The summed E-state index contributed by atoms with van der Waals surface area (Å²) in [6.45, 7) is 12.5. The average Bonchev–Trinajstić information content (AvgIpc) is 3.09. The summed E-state index contributed by atoms with van der Waals surface area (Å²) in [7, 11) is 0. The molecule has 2 heterocycles. The van der Waals surface area contributed by atoms with Gasteiger partial charge in [-0.1, -0.05) is 32.0 Å². The Morgan fingerprint density at radius 3 is 2.78 bits per heavy atom. The fourth-order valence-corrected chi connectivity index (χ4v) is 2.49. The van der Waals surface area contributed by atoms with Crippen LogP contribution in [0.3, 0.4) is 0 Å². The van der Waals surface area contributed by atoms with E-state index in [9.17, 15) is 0 Å². The SMILES string of the molecule is CCNC(=NCCc1noc(-c2ccccn2)n1)NC(C)CCC(C)(C)C. The average molecular weight is 373 g/mol. The first-order chi connectivity index (χ1) is 12.9. The van der Waals surface area contributed by atoms with Gasteiger partial charge >= 0.3 is 0 Å². The maximum Gasteiger partial charge on any atom is 0.276 e. The van der Waals surface area contributed by atoms with E-state index < -0.39 is 0 Å². The molecule has 1 atom stereocenters. The van der Waals surface area contributed by atoms with Gasteiger partial charge in [0.05, 0.1) is 0 Å². The van der Waals surface area contributed by atoms with Crippen molar-refractivity contribution < 1.29 is 4.52 Å². The Hall–Kier alpha value is -2.44. The Morgan fingerprint density at radius 1 is 1.30 bits per heavy atom. The summed E-state index contributed by atoms with van der Waals surface area (Å²) in [5, 5.41) is 10.8. The quantitative estimate of drug-likeness (QED) is 0.545. The van der Waals surface area contributed by atoms with Crippen molar-refractivity contribution in [3.8, 4) is 11.6 Å². The molecule has 7 heteroatoms. The maximum atomic E-state index is 5.28. The third-order valence-corrected chi connectivity index (χ3v) is 4.01. The lowest BCUT2D eigenvalue weighted by Gasteiger charge is -2.23. The number of hydrogen-bond donors (Lipinski definition) is 2. The largest absolute Gasteiger partial charge is 0.357 e. The van der Waals surface area contributed by atoms with Crippen LogP contribution in [-0.2, 0) is 6.42 Å². The highest BCUT2D eigenvalue weighted by atomic mass is 16.5. The molecular weight excluding hydrogens is 340 g/mol. The van der Waals surface area contributed by atoms with Crippen LogP contribution < -0.4 is 10.6 Å². The molecule has 0 amide bonds. The van der Waals surface area contributed by atoms with Crippen molar-refractivity contribution in [2.75, 3.05) is 13.1 Å². The molecule has 148 valence electrons. The van der Waals surface area contributed by atoms with Crippen LogP contribution >= 0.6 is 0 Å². The van der Waals surface area contributed by atoms with Crippen molar-refractivity contribution in [1.82, 2.24) is 25.8 Å². The van der Waals surface area contributed by atoms with Gasteiger partial charge in [0.1, 0.15) is 5.69 Å². The molecule has 2 N–H and O–H groups in total. The zero-order valence-corrected chi connectivity index (χ0v) is 17.1. The van der Waals surface area contributed by atoms with Crippen LogP contribution in [-0.4, -0.2) is 40.2 Å². The standard InChI is InChI=1S/C20H32N6O/c1-6-21-19(24-15(2)10-12-20(3,4)5)23-14-11-17-25-18(27-26-17)16-9-7-8-13-22-16/h7-9,13,15H,6,10-12,14H2,1-5H3,(H2,21,23,24).